The molecule has 22 heteroatoms. The Morgan fingerprint density at radius 2 is 1.21 bits per heavy atom. The number of nitrogens with two attached hydrogens (primary N) is 2. The Balaban J connectivity index is 1.10. The van der Waals surface area contributed by atoms with Crippen LogP contribution in [-0.4, -0.2) is 131 Å². The minimum atomic E-state index is -0.703. The van der Waals surface area contributed by atoms with Crippen molar-refractivity contribution in [3.8, 4) is 23.3 Å². The van der Waals surface area contributed by atoms with Crippen LogP contribution in [0.4, 0.5) is 16.7 Å². The van der Waals surface area contributed by atoms with E-state index >= 15 is 0 Å². The monoisotopic (exact) mass is 955 g/mol. The van der Waals surface area contributed by atoms with Crippen LogP contribution in [0.3, 0.4) is 0 Å². The second-order valence-electron chi connectivity index (χ2n) is 17.0. The van der Waals surface area contributed by atoms with Gasteiger partial charge in [0.1, 0.15) is 40.5 Å². The van der Waals surface area contributed by atoms with Crippen LogP contribution in [-0.2, 0) is 26.2 Å². The number of aromatic nitrogens is 8. The topological polar surface area (TPSA) is 270 Å². The number of piperidine rings is 1. The van der Waals surface area contributed by atoms with E-state index in [1.165, 1.54) is 31.4 Å². The zero-order valence-corrected chi connectivity index (χ0v) is 39.9. The molecule has 0 aliphatic carbocycles. The Labute approximate surface area is 403 Å². The maximum absolute atomic E-state index is 13.9. The summed E-state index contributed by atoms with van der Waals surface area (Å²) in [5, 5.41) is 18.0. The number of imidazole rings is 2. The number of piperazine rings is 1. The molecule has 366 valence electrons. The molecule has 0 spiro atoms. The lowest BCUT2D eigenvalue weighted by Crippen LogP contribution is -2.53. The van der Waals surface area contributed by atoms with Crippen LogP contribution in [0.25, 0.3) is 22.1 Å². The average molecular weight is 956 g/mol. The molecule has 8 rings (SSSR count). The summed E-state index contributed by atoms with van der Waals surface area (Å²) in [6, 6.07) is 9.54. The first kappa shape index (κ1) is 48.3. The second-order valence-corrected chi connectivity index (χ2v) is 17.0. The highest BCUT2D eigenvalue weighted by atomic mass is 16.5. The van der Waals surface area contributed by atoms with Crippen molar-refractivity contribution in [2.24, 2.45) is 17.4 Å². The van der Waals surface area contributed by atoms with Gasteiger partial charge in [-0.1, -0.05) is 24.0 Å². The van der Waals surface area contributed by atoms with E-state index in [-0.39, 0.29) is 60.4 Å². The first-order valence-corrected chi connectivity index (χ1v) is 23.2. The highest BCUT2D eigenvalue weighted by Crippen LogP contribution is 2.33. The van der Waals surface area contributed by atoms with Gasteiger partial charge >= 0.3 is 6.03 Å². The molecule has 2 aliphatic heterocycles. The SMILES string of the molecule is CCn1nc(C)cc1C(=O)Nc1nc2cc(C(N)=O)cc(OC)c2n1CC=CCn1c(NC(=O)c2cc(C)nn2CC)nc2cc(C(N)=O)cc(OCC#CC3CCN(C(=O)N4CCNCC4)CC3)c21. The summed E-state index contributed by atoms with van der Waals surface area (Å²) in [6.07, 6.45) is 5.13. The smallest absolute Gasteiger partial charge is 0.320 e. The van der Waals surface area contributed by atoms with Gasteiger partial charge in [0.25, 0.3) is 11.8 Å². The lowest BCUT2D eigenvalue weighted by atomic mass is 9.98. The average Bonchev–Trinajstić information content (AvgIpc) is 4.13. The quantitative estimate of drug-likeness (QED) is 0.0731. The number of benzene rings is 2. The summed E-state index contributed by atoms with van der Waals surface area (Å²) in [4.78, 5) is 79.0. The zero-order chi connectivity index (χ0) is 49.6. The molecule has 0 saturated carbocycles. The number of primary amides is 2. The van der Waals surface area contributed by atoms with E-state index in [0.29, 0.717) is 89.9 Å². The van der Waals surface area contributed by atoms with Crippen molar-refractivity contribution in [2.75, 3.05) is 63.6 Å². The molecule has 0 radical (unpaired) electrons. The normalized spacial score (nSPS) is 14.2. The summed E-state index contributed by atoms with van der Waals surface area (Å²) in [5.41, 5.74) is 15.4. The van der Waals surface area contributed by atoms with E-state index in [9.17, 15) is 24.0 Å². The minimum Gasteiger partial charge on any atom is -0.494 e. The number of anilines is 2. The molecule has 4 aromatic heterocycles. The minimum absolute atomic E-state index is 0.0327. The number of hydrogen-bond donors (Lipinski definition) is 5. The second kappa shape index (κ2) is 21.0. The first-order valence-electron chi connectivity index (χ1n) is 23.2. The number of ether oxygens (including phenoxy) is 2. The van der Waals surface area contributed by atoms with E-state index in [4.69, 9.17) is 30.9 Å². The summed E-state index contributed by atoms with van der Waals surface area (Å²) < 4.78 is 18.7. The Bertz CT molecular complexity index is 3080. The van der Waals surface area contributed by atoms with Crippen LogP contribution in [0.15, 0.2) is 48.6 Å². The summed E-state index contributed by atoms with van der Waals surface area (Å²) in [5.74, 6) is 5.12. The largest absolute Gasteiger partial charge is 0.494 e. The van der Waals surface area contributed by atoms with Crippen LogP contribution in [0.1, 0.15) is 79.8 Å². The number of aryl methyl sites for hydroxylation is 4. The van der Waals surface area contributed by atoms with Gasteiger partial charge in [0.2, 0.25) is 23.7 Å². The van der Waals surface area contributed by atoms with Crippen molar-refractivity contribution in [3.63, 3.8) is 0 Å². The molecular weight excluding hydrogens is 899 g/mol. The number of likely N-dealkylation sites (tertiary alicyclic amines) is 1. The summed E-state index contributed by atoms with van der Waals surface area (Å²) >= 11 is 0. The van der Waals surface area contributed by atoms with Crippen LogP contribution < -0.4 is 36.9 Å². The molecule has 70 heavy (non-hydrogen) atoms. The number of nitrogens with one attached hydrogen (secondary N) is 3. The molecule has 2 aliphatic rings. The maximum atomic E-state index is 13.9. The van der Waals surface area contributed by atoms with E-state index in [2.05, 4.69) is 38.0 Å². The summed E-state index contributed by atoms with van der Waals surface area (Å²) in [7, 11) is 1.46. The van der Waals surface area contributed by atoms with Gasteiger partial charge in [0.15, 0.2) is 0 Å². The third-order valence-corrected chi connectivity index (χ3v) is 12.2. The number of rotatable bonds is 15. The van der Waals surface area contributed by atoms with Crippen molar-refractivity contribution in [1.82, 2.24) is 53.8 Å². The van der Waals surface area contributed by atoms with Gasteiger partial charge in [0, 0.05) is 82.5 Å². The highest BCUT2D eigenvalue weighted by molar-refractivity contribution is 6.05. The van der Waals surface area contributed by atoms with Crippen LogP contribution in [0.2, 0.25) is 0 Å². The number of urea groups is 1. The molecule has 0 atom stereocenters. The molecular formula is C48H57N15O7. The molecule has 7 N–H and O–H groups in total. The number of carbonyl (C=O) groups excluding carboxylic acids is 5. The lowest BCUT2D eigenvalue weighted by molar-refractivity contribution is 0.0991. The maximum Gasteiger partial charge on any atom is 0.320 e. The van der Waals surface area contributed by atoms with Crippen LogP contribution in [0, 0.1) is 31.6 Å². The molecule has 2 fully saturated rings. The molecule has 6 aromatic rings. The van der Waals surface area contributed by atoms with Gasteiger partial charge in [0.05, 0.1) is 29.5 Å². The van der Waals surface area contributed by atoms with Crippen LogP contribution in [0.5, 0.6) is 11.5 Å². The molecule has 22 nitrogen and oxygen atoms in total. The van der Waals surface area contributed by atoms with Gasteiger partial charge in [-0.05, 0) is 76.9 Å². The predicted octanol–water partition coefficient (Wildman–Crippen LogP) is 3.52. The van der Waals surface area contributed by atoms with Gasteiger partial charge in [-0.2, -0.15) is 10.2 Å². The Morgan fingerprint density at radius 3 is 1.70 bits per heavy atom. The summed E-state index contributed by atoms with van der Waals surface area (Å²) in [6.45, 7) is 12.7. The van der Waals surface area contributed by atoms with Gasteiger partial charge in [-0.15, -0.1) is 0 Å². The van der Waals surface area contributed by atoms with Crippen molar-refractivity contribution < 1.29 is 33.4 Å². The fourth-order valence-electron chi connectivity index (χ4n) is 8.76. The molecule has 2 aromatic carbocycles. The van der Waals surface area contributed by atoms with Gasteiger partial charge in [-0.3, -0.25) is 39.2 Å². The number of nitrogens with zero attached hydrogens (tertiary/aromatic N) is 10. The van der Waals surface area contributed by atoms with Crippen molar-refractivity contribution >= 4 is 63.6 Å². The first-order chi connectivity index (χ1) is 33.8. The third-order valence-electron chi connectivity index (χ3n) is 12.2. The number of carbonyl (C=O) groups is 5. The van der Waals surface area contributed by atoms with Crippen molar-refractivity contribution in [1.29, 1.82) is 0 Å². The van der Waals surface area contributed by atoms with E-state index in [1.807, 2.05) is 35.8 Å². The Kier molecular flexibility index (Phi) is 14.5. The molecule has 0 bridgehead atoms. The number of amides is 6. The van der Waals surface area contributed by atoms with E-state index in [1.54, 1.807) is 44.5 Å². The fourth-order valence-corrected chi connectivity index (χ4v) is 8.76. The Hall–Kier alpha value is -8.19. The van der Waals surface area contributed by atoms with E-state index in [0.717, 1.165) is 25.9 Å². The highest BCUT2D eigenvalue weighted by Gasteiger charge is 2.27. The lowest BCUT2D eigenvalue weighted by Gasteiger charge is -2.36. The fraction of sp³-hybridized carbons (Fsp3) is 0.396. The molecule has 6 amide bonds. The van der Waals surface area contributed by atoms with Crippen molar-refractivity contribution in [2.45, 2.75) is 66.7 Å². The van der Waals surface area contributed by atoms with Crippen LogP contribution >= 0.6 is 0 Å². The molecule has 6 heterocycles. The number of allylic oxidation sites excluding steroid dienone is 2. The number of methoxy groups -OCH3 is 1. The zero-order valence-electron chi connectivity index (χ0n) is 39.9. The third kappa shape index (κ3) is 10.3. The van der Waals surface area contributed by atoms with Crippen molar-refractivity contribution in [3.05, 3.63) is 82.5 Å². The van der Waals surface area contributed by atoms with E-state index < -0.39 is 23.6 Å². The standard InChI is InChI=1S/C48H57N15O7/c1-6-62-36(23-29(3)56-62)44(66)54-46-52-34-25-32(42(49)64)27-38(69-5)40(34)60(46)16-8-9-17-61-41-35(53-47(61)55-45(67)37-24-30(4)57-63(37)7-2)26-33(43(50)65)28-39(41)70-22-10-11-31-12-18-58(19-13-31)48(68)59-20-14-51-15-21-59/h8-9,23-28,31,51H,6-7,12-22H2,1-5H3,(H2,49,64)(H2,50,65)(H,52,54,66)(H,53,55,67). The number of hydrogen-bond acceptors (Lipinski definition) is 12. The molecule has 0 unspecified atom stereocenters. The number of fused-ring (bicyclic) bond motifs is 2. The van der Waals surface area contributed by atoms with Gasteiger partial charge in [-0.25, -0.2) is 14.8 Å². The Morgan fingerprint density at radius 1 is 0.729 bits per heavy atom. The predicted molar refractivity (Wildman–Crippen MR) is 261 cm³/mol. The molecule has 2 saturated heterocycles. The van der Waals surface area contributed by atoms with Gasteiger partial charge < -0.3 is 45.2 Å².